The number of hydrogen-bond donors (Lipinski definition) is 0. The Morgan fingerprint density at radius 2 is 0.941 bits per heavy atom. The first-order valence-electron chi connectivity index (χ1n) is 7.50. The molecule has 0 nitrogen and oxygen atoms in total. The van der Waals surface area contributed by atoms with Gasteiger partial charge in [-0.15, -0.1) is 0 Å². The molecule has 17 heavy (non-hydrogen) atoms. The second-order valence-electron chi connectivity index (χ2n) is 5.18. The maximum atomic E-state index is 13.4. The van der Waals surface area contributed by atoms with Crippen LogP contribution >= 0.6 is 0 Å². The molecule has 0 fully saturated rings. The van der Waals surface area contributed by atoms with E-state index >= 15 is 0 Å². The lowest BCUT2D eigenvalue weighted by molar-refractivity contribution is -0.0206. The van der Waals surface area contributed by atoms with E-state index in [2.05, 4.69) is 13.8 Å². The lowest BCUT2D eigenvalue weighted by Gasteiger charge is -2.15. The minimum Gasteiger partial charge on any atom is -0.207 e. The Hall–Kier alpha value is -0.140. The van der Waals surface area contributed by atoms with Crippen molar-refractivity contribution in [2.45, 2.75) is 96.8 Å². The fraction of sp³-hybridized carbons (Fsp3) is 1.00. The molecule has 0 heterocycles. The second kappa shape index (κ2) is 11.0. The number of hydrogen-bond acceptors (Lipinski definition) is 0. The first-order chi connectivity index (χ1) is 8.12. The van der Waals surface area contributed by atoms with Gasteiger partial charge < -0.3 is 0 Å². The first kappa shape index (κ1) is 16.9. The monoisotopic (exact) mass is 248 g/mol. The molecular weight excluding hydrogens is 218 g/mol. The zero-order valence-electron chi connectivity index (χ0n) is 11.7. The van der Waals surface area contributed by atoms with E-state index in [-0.39, 0.29) is 12.8 Å². The molecule has 0 aliphatic rings. The quantitative estimate of drug-likeness (QED) is 0.353. The van der Waals surface area contributed by atoms with Crippen molar-refractivity contribution in [3.05, 3.63) is 0 Å². The largest absolute Gasteiger partial charge is 0.248 e. The molecule has 0 aromatic rings. The van der Waals surface area contributed by atoms with Crippen LogP contribution in [-0.2, 0) is 0 Å². The second-order valence-corrected chi connectivity index (χ2v) is 5.18. The van der Waals surface area contributed by atoms with E-state index in [4.69, 9.17) is 0 Å². The summed E-state index contributed by atoms with van der Waals surface area (Å²) in [6.45, 7) is 4.29. The number of unbranched alkanes of at least 4 members (excludes halogenated alkanes) is 8. The molecule has 0 aliphatic carbocycles. The van der Waals surface area contributed by atoms with Gasteiger partial charge in [0.15, 0.2) is 0 Å². The molecule has 0 unspecified atom stereocenters. The molecule has 0 amide bonds. The third kappa shape index (κ3) is 12.1. The Kier molecular flexibility index (Phi) is 10.9. The van der Waals surface area contributed by atoms with E-state index in [0.29, 0.717) is 12.8 Å². The Labute approximate surface area is 106 Å². The van der Waals surface area contributed by atoms with Gasteiger partial charge in [0, 0.05) is 12.8 Å². The van der Waals surface area contributed by atoms with Gasteiger partial charge in [0.2, 0.25) is 5.92 Å². The van der Waals surface area contributed by atoms with Crippen LogP contribution in [0.2, 0.25) is 0 Å². The summed E-state index contributed by atoms with van der Waals surface area (Å²) in [5.74, 6) is -2.40. The van der Waals surface area contributed by atoms with Gasteiger partial charge in [-0.3, -0.25) is 0 Å². The fourth-order valence-electron chi connectivity index (χ4n) is 2.10. The summed E-state index contributed by atoms with van der Waals surface area (Å²) < 4.78 is 26.9. The van der Waals surface area contributed by atoms with Crippen molar-refractivity contribution in [3.63, 3.8) is 0 Å². The predicted molar refractivity (Wildman–Crippen MR) is 71.7 cm³/mol. The summed E-state index contributed by atoms with van der Waals surface area (Å²) >= 11 is 0. The van der Waals surface area contributed by atoms with Gasteiger partial charge in [0.05, 0.1) is 0 Å². The molecular formula is C15H30F2. The fourth-order valence-corrected chi connectivity index (χ4v) is 2.10. The minimum absolute atomic E-state index is 0.102. The number of alkyl halides is 2. The van der Waals surface area contributed by atoms with Gasteiger partial charge in [0.25, 0.3) is 0 Å². The topological polar surface area (TPSA) is 0 Å². The zero-order chi connectivity index (χ0) is 13.0. The van der Waals surface area contributed by atoms with E-state index < -0.39 is 5.92 Å². The van der Waals surface area contributed by atoms with Crippen LogP contribution in [0, 0.1) is 0 Å². The molecule has 0 atom stereocenters. The summed E-state index contributed by atoms with van der Waals surface area (Å²) in [5, 5.41) is 0. The standard InChI is InChI=1S/C15H30F2/c1-3-5-7-9-11-13-15(16,17)14-12-10-8-6-4-2/h3-14H2,1-2H3. The van der Waals surface area contributed by atoms with Gasteiger partial charge in [0.1, 0.15) is 0 Å². The van der Waals surface area contributed by atoms with Gasteiger partial charge in [-0.25, -0.2) is 8.78 Å². The third-order valence-electron chi connectivity index (χ3n) is 3.29. The van der Waals surface area contributed by atoms with E-state index in [1.54, 1.807) is 0 Å². The normalized spacial score (nSPS) is 12.0. The Morgan fingerprint density at radius 1 is 0.588 bits per heavy atom. The highest BCUT2D eigenvalue weighted by Crippen LogP contribution is 2.28. The van der Waals surface area contributed by atoms with Crippen LogP contribution in [0.3, 0.4) is 0 Å². The molecule has 104 valence electrons. The van der Waals surface area contributed by atoms with E-state index in [0.717, 1.165) is 25.7 Å². The number of rotatable bonds is 12. The molecule has 0 aliphatic heterocycles. The molecule has 0 spiro atoms. The maximum absolute atomic E-state index is 13.4. The van der Waals surface area contributed by atoms with Crippen molar-refractivity contribution < 1.29 is 8.78 Å². The van der Waals surface area contributed by atoms with Gasteiger partial charge >= 0.3 is 0 Å². The lowest BCUT2D eigenvalue weighted by Crippen LogP contribution is -2.15. The highest BCUT2D eigenvalue weighted by atomic mass is 19.3. The summed E-state index contributed by atoms with van der Waals surface area (Å²) in [4.78, 5) is 0. The molecule has 0 rings (SSSR count). The van der Waals surface area contributed by atoms with Gasteiger partial charge in [-0.1, -0.05) is 65.2 Å². The highest BCUT2D eigenvalue weighted by Gasteiger charge is 2.26. The summed E-state index contributed by atoms with van der Waals surface area (Å²) in [5.41, 5.74) is 0. The highest BCUT2D eigenvalue weighted by molar-refractivity contribution is 4.66. The van der Waals surface area contributed by atoms with Crippen LogP contribution in [0.15, 0.2) is 0 Å². The van der Waals surface area contributed by atoms with Crippen molar-refractivity contribution in [3.8, 4) is 0 Å². The lowest BCUT2D eigenvalue weighted by atomic mass is 10.0. The Bertz CT molecular complexity index is 139. The van der Waals surface area contributed by atoms with Gasteiger partial charge in [-0.2, -0.15) is 0 Å². The summed E-state index contributed by atoms with van der Waals surface area (Å²) in [7, 11) is 0. The molecule has 0 saturated heterocycles. The predicted octanol–water partition coefficient (Wildman–Crippen LogP) is 6.34. The van der Waals surface area contributed by atoms with Crippen LogP contribution in [0.5, 0.6) is 0 Å². The molecule has 0 N–H and O–H groups in total. The Morgan fingerprint density at radius 3 is 1.29 bits per heavy atom. The first-order valence-corrected chi connectivity index (χ1v) is 7.50. The molecule has 0 aromatic carbocycles. The van der Waals surface area contributed by atoms with E-state index in [1.165, 1.54) is 25.7 Å². The molecule has 0 radical (unpaired) electrons. The average molecular weight is 248 g/mol. The van der Waals surface area contributed by atoms with Crippen LogP contribution in [0.1, 0.15) is 90.9 Å². The van der Waals surface area contributed by atoms with Crippen molar-refractivity contribution in [2.24, 2.45) is 0 Å². The molecule has 0 aromatic heterocycles. The summed E-state index contributed by atoms with van der Waals surface area (Å²) in [6.07, 6.45) is 10.5. The molecule has 0 saturated carbocycles. The summed E-state index contributed by atoms with van der Waals surface area (Å²) in [6, 6.07) is 0. The van der Waals surface area contributed by atoms with Crippen molar-refractivity contribution >= 4 is 0 Å². The molecule has 2 heteroatoms. The van der Waals surface area contributed by atoms with Crippen molar-refractivity contribution in [1.82, 2.24) is 0 Å². The SMILES string of the molecule is CCCCCCCC(F)(F)CCCCCCC. The third-order valence-corrected chi connectivity index (χ3v) is 3.29. The van der Waals surface area contributed by atoms with Crippen LogP contribution in [0.4, 0.5) is 8.78 Å². The van der Waals surface area contributed by atoms with Crippen LogP contribution in [-0.4, -0.2) is 5.92 Å². The van der Waals surface area contributed by atoms with Crippen LogP contribution < -0.4 is 0 Å². The zero-order valence-corrected chi connectivity index (χ0v) is 11.7. The minimum atomic E-state index is -2.40. The molecule has 0 bridgehead atoms. The van der Waals surface area contributed by atoms with Gasteiger partial charge in [-0.05, 0) is 12.8 Å². The number of halogens is 2. The van der Waals surface area contributed by atoms with E-state index in [1.807, 2.05) is 0 Å². The average Bonchev–Trinajstić information content (AvgIpc) is 2.28. The maximum Gasteiger partial charge on any atom is 0.248 e. The van der Waals surface area contributed by atoms with Crippen molar-refractivity contribution in [2.75, 3.05) is 0 Å². The smallest absolute Gasteiger partial charge is 0.207 e. The Balaban J connectivity index is 3.38. The van der Waals surface area contributed by atoms with Crippen LogP contribution in [0.25, 0.3) is 0 Å². The van der Waals surface area contributed by atoms with E-state index in [9.17, 15) is 8.78 Å². The van der Waals surface area contributed by atoms with Crippen molar-refractivity contribution in [1.29, 1.82) is 0 Å².